The van der Waals surface area contributed by atoms with Gasteiger partial charge in [-0.25, -0.2) is 0 Å². The average molecular weight is 158 g/mol. The highest BCUT2D eigenvalue weighted by atomic mass is 35.5. The molecule has 0 atom stereocenters. The lowest BCUT2D eigenvalue weighted by atomic mass is 10.1. The maximum absolute atomic E-state index is 5.81. The van der Waals surface area contributed by atoms with Gasteiger partial charge in [-0.2, -0.15) is 0 Å². The van der Waals surface area contributed by atoms with Crippen LogP contribution in [0, 0.1) is 13.8 Å². The number of hydrogen-bond acceptors (Lipinski definition) is 1. The summed E-state index contributed by atoms with van der Waals surface area (Å²) in [6, 6.07) is 5.93. The van der Waals surface area contributed by atoms with Crippen LogP contribution in [0.2, 0.25) is 5.02 Å². The van der Waals surface area contributed by atoms with Crippen molar-refractivity contribution < 1.29 is 0 Å². The van der Waals surface area contributed by atoms with E-state index in [1.54, 1.807) is 0 Å². The molecule has 0 saturated heterocycles. The van der Waals surface area contributed by atoms with Crippen LogP contribution in [0.5, 0.6) is 0 Å². The standard InChI is InChI=1S/C8H9Cl.H3N/c1-6-4-3-5-8(9)7(6)2;/h3-5H,1-2H3;1H3. The van der Waals surface area contributed by atoms with E-state index >= 15 is 0 Å². The minimum atomic E-state index is 0. The minimum Gasteiger partial charge on any atom is -0.344 e. The second kappa shape index (κ2) is 3.59. The van der Waals surface area contributed by atoms with Gasteiger partial charge in [-0.3, -0.25) is 0 Å². The van der Waals surface area contributed by atoms with Gasteiger partial charge in [0, 0.05) is 5.02 Å². The predicted octanol–water partition coefficient (Wildman–Crippen LogP) is 3.12. The summed E-state index contributed by atoms with van der Waals surface area (Å²) in [5.74, 6) is 0. The van der Waals surface area contributed by atoms with Crippen LogP contribution in [0.15, 0.2) is 18.2 Å². The molecule has 3 N–H and O–H groups in total. The van der Waals surface area contributed by atoms with Crippen LogP contribution in [0.3, 0.4) is 0 Å². The number of aryl methyl sites for hydroxylation is 1. The summed E-state index contributed by atoms with van der Waals surface area (Å²) in [5, 5.41) is 0.856. The highest BCUT2D eigenvalue weighted by molar-refractivity contribution is 6.31. The van der Waals surface area contributed by atoms with Crippen LogP contribution in [0.1, 0.15) is 11.1 Å². The van der Waals surface area contributed by atoms with E-state index in [4.69, 9.17) is 11.6 Å². The lowest BCUT2D eigenvalue weighted by Gasteiger charge is -1.98. The molecule has 0 aliphatic rings. The van der Waals surface area contributed by atoms with Crippen molar-refractivity contribution in [3.8, 4) is 0 Å². The Balaban J connectivity index is 0.000000810. The Kier molecular flexibility index (Phi) is 3.40. The quantitative estimate of drug-likeness (QED) is 0.617. The summed E-state index contributed by atoms with van der Waals surface area (Å²) >= 11 is 5.81. The molecule has 0 fully saturated rings. The fourth-order valence-corrected chi connectivity index (χ4v) is 0.937. The second-order valence-electron chi connectivity index (χ2n) is 2.18. The zero-order chi connectivity index (χ0) is 6.85. The minimum absolute atomic E-state index is 0. The number of rotatable bonds is 0. The van der Waals surface area contributed by atoms with Crippen molar-refractivity contribution in [2.24, 2.45) is 0 Å². The Morgan fingerprint density at radius 2 is 1.80 bits per heavy atom. The molecule has 0 amide bonds. The van der Waals surface area contributed by atoms with E-state index in [0.29, 0.717) is 0 Å². The Bertz CT molecular complexity index is 200. The summed E-state index contributed by atoms with van der Waals surface area (Å²) in [6.07, 6.45) is 0. The Hall–Kier alpha value is -0.530. The summed E-state index contributed by atoms with van der Waals surface area (Å²) in [7, 11) is 0. The van der Waals surface area contributed by atoms with Crippen molar-refractivity contribution in [3.63, 3.8) is 0 Å². The SMILES string of the molecule is Cc1cccc(Cl)c1C.N. The molecule has 0 unspecified atom stereocenters. The lowest BCUT2D eigenvalue weighted by molar-refractivity contribution is 1.34. The molecule has 0 radical (unpaired) electrons. The number of hydrogen-bond donors (Lipinski definition) is 1. The first-order chi connectivity index (χ1) is 4.22. The van der Waals surface area contributed by atoms with Gasteiger partial charge in [0.1, 0.15) is 0 Å². The second-order valence-corrected chi connectivity index (χ2v) is 2.59. The molecule has 0 heterocycles. The molecule has 0 aliphatic heterocycles. The normalized spacial score (nSPS) is 8.70. The molecule has 0 saturated carbocycles. The van der Waals surface area contributed by atoms with Crippen molar-refractivity contribution >= 4 is 11.6 Å². The van der Waals surface area contributed by atoms with Gasteiger partial charge in [-0.1, -0.05) is 23.7 Å². The third kappa shape index (κ3) is 1.72. The van der Waals surface area contributed by atoms with Crippen LogP contribution in [0.4, 0.5) is 0 Å². The molecule has 1 aromatic carbocycles. The van der Waals surface area contributed by atoms with Crippen molar-refractivity contribution in [2.75, 3.05) is 0 Å². The maximum atomic E-state index is 5.81. The zero-order valence-corrected chi connectivity index (χ0v) is 7.07. The van der Waals surface area contributed by atoms with Gasteiger partial charge in [-0.15, -0.1) is 0 Å². The monoisotopic (exact) mass is 157 g/mol. The molecule has 0 bridgehead atoms. The van der Waals surface area contributed by atoms with E-state index in [1.165, 1.54) is 11.1 Å². The topological polar surface area (TPSA) is 35.0 Å². The van der Waals surface area contributed by atoms with Crippen molar-refractivity contribution in [1.29, 1.82) is 0 Å². The number of halogens is 1. The highest BCUT2D eigenvalue weighted by Gasteiger charge is 1.93. The predicted molar refractivity (Wildman–Crippen MR) is 45.9 cm³/mol. The van der Waals surface area contributed by atoms with Crippen molar-refractivity contribution in [3.05, 3.63) is 34.3 Å². The molecular weight excluding hydrogens is 146 g/mol. The molecule has 1 nitrogen and oxygen atoms in total. The van der Waals surface area contributed by atoms with Crippen LogP contribution >= 0.6 is 11.6 Å². The first-order valence-corrected chi connectivity index (χ1v) is 3.31. The molecular formula is C8H12ClN. The van der Waals surface area contributed by atoms with Crippen LogP contribution in [0.25, 0.3) is 0 Å². The van der Waals surface area contributed by atoms with Crippen LogP contribution in [-0.2, 0) is 0 Å². The first kappa shape index (κ1) is 9.47. The molecule has 2 heteroatoms. The molecule has 1 aromatic rings. The smallest absolute Gasteiger partial charge is 0.0437 e. The van der Waals surface area contributed by atoms with Gasteiger partial charge >= 0.3 is 0 Å². The molecule has 0 spiro atoms. The molecule has 0 aliphatic carbocycles. The zero-order valence-electron chi connectivity index (χ0n) is 6.32. The first-order valence-electron chi connectivity index (χ1n) is 2.93. The number of benzene rings is 1. The van der Waals surface area contributed by atoms with Gasteiger partial charge < -0.3 is 6.15 Å². The van der Waals surface area contributed by atoms with Crippen molar-refractivity contribution in [2.45, 2.75) is 13.8 Å². The van der Waals surface area contributed by atoms with E-state index in [1.807, 2.05) is 19.1 Å². The largest absolute Gasteiger partial charge is 0.344 e. The van der Waals surface area contributed by atoms with Gasteiger partial charge in [0.2, 0.25) is 0 Å². The van der Waals surface area contributed by atoms with Gasteiger partial charge in [0.25, 0.3) is 0 Å². The van der Waals surface area contributed by atoms with Gasteiger partial charge in [0.15, 0.2) is 0 Å². The van der Waals surface area contributed by atoms with Gasteiger partial charge in [0.05, 0.1) is 0 Å². The Morgan fingerprint density at radius 1 is 1.20 bits per heavy atom. The van der Waals surface area contributed by atoms with Crippen molar-refractivity contribution in [1.82, 2.24) is 6.15 Å². The maximum Gasteiger partial charge on any atom is 0.0437 e. The fourth-order valence-electron chi connectivity index (χ4n) is 0.715. The third-order valence-corrected chi connectivity index (χ3v) is 1.95. The summed E-state index contributed by atoms with van der Waals surface area (Å²) in [5.41, 5.74) is 2.43. The highest BCUT2D eigenvalue weighted by Crippen LogP contribution is 2.16. The van der Waals surface area contributed by atoms with E-state index in [-0.39, 0.29) is 6.15 Å². The molecule has 1 rings (SSSR count). The lowest BCUT2D eigenvalue weighted by Crippen LogP contribution is -1.78. The van der Waals surface area contributed by atoms with E-state index < -0.39 is 0 Å². The summed E-state index contributed by atoms with van der Waals surface area (Å²) < 4.78 is 0. The average Bonchev–Trinajstić information content (AvgIpc) is 1.83. The van der Waals surface area contributed by atoms with E-state index in [2.05, 4.69) is 13.0 Å². The molecule has 0 aromatic heterocycles. The summed E-state index contributed by atoms with van der Waals surface area (Å²) in [4.78, 5) is 0. The fraction of sp³-hybridized carbons (Fsp3) is 0.250. The summed E-state index contributed by atoms with van der Waals surface area (Å²) in [6.45, 7) is 4.08. The Labute approximate surface area is 66.6 Å². The molecule has 10 heavy (non-hydrogen) atoms. The van der Waals surface area contributed by atoms with Crippen LogP contribution < -0.4 is 6.15 Å². The van der Waals surface area contributed by atoms with Gasteiger partial charge in [-0.05, 0) is 31.0 Å². The van der Waals surface area contributed by atoms with E-state index in [0.717, 1.165) is 5.02 Å². The van der Waals surface area contributed by atoms with Crippen LogP contribution in [-0.4, -0.2) is 0 Å². The third-order valence-electron chi connectivity index (χ3n) is 1.54. The Morgan fingerprint density at radius 3 is 2.20 bits per heavy atom. The molecule has 56 valence electrons. The van der Waals surface area contributed by atoms with E-state index in [9.17, 15) is 0 Å².